The van der Waals surface area contributed by atoms with Crippen molar-refractivity contribution in [3.05, 3.63) is 57.6 Å². The lowest BCUT2D eigenvalue weighted by Crippen LogP contribution is -2.17. The van der Waals surface area contributed by atoms with E-state index < -0.39 is 0 Å². The van der Waals surface area contributed by atoms with E-state index >= 15 is 0 Å². The second-order valence-electron chi connectivity index (χ2n) is 6.07. The van der Waals surface area contributed by atoms with Gasteiger partial charge in [-0.3, -0.25) is 0 Å². The second kappa shape index (κ2) is 7.25. The van der Waals surface area contributed by atoms with Gasteiger partial charge >= 0.3 is 0 Å². The summed E-state index contributed by atoms with van der Waals surface area (Å²) in [5, 5.41) is 6.82. The zero-order valence-corrected chi connectivity index (χ0v) is 16.3. The number of hydrogen-bond donors (Lipinski definition) is 2. The van der Waals surface area contributed by atoms with Crippen LogP contribution in [0.15, 0.2) is 47.8 Å². The van der Waals surface area contributed by atoms with Gasteiger partial charge in [-0.2, -0.15) is 4.37 Å². The molecule has 4 aromatic rings. The molecule has 0 fully saturated rings. The van der Waals surface area contributed by atoms with E-state index in [0.29, 0.717) is 0 Å². The highest BCUT2D eigenvalue weighted by molar-refractivity contribution is 7.25. The summed E-state index contributed by atoms with van der Waals surface area (Å²) in [6.45, 7) is 2.90. The summed E-state index contributed by atoms with van der Waals surface area (Å²) < 4.78 is 6.02. The number of nitrogens with zero attached hydrogens (tertiary/aromatic N) is 1. The van der Waals surface area contributed by atoms with Crippen LogP contribution < -0.4 is 11.1 Å². The van der Waals surface area contributed by atoms with Crippen molar-refractivity contribution in [2.45, 2.75) is 25.9 Å². The third kappa shape index (κ3) is 3.48. The van der Waals surface area contributed by atoms with Gasteiger partial charge in [-0.05, 0) is 41.9 Å². The molecule has 0 spiro atoms. The van der Waals surface area contributed by atoms with E-state index in [1.807, 2.05) is 17.4 Å². The summed E-state index contributed by atoms with van der Waals surface area (Å²) in [5.41, 5.74) is 9.67. The van der Waals surface area contributed by atoms with Gasteiger partial charge in [0.15, 0.2) is 0 Å². The Balaban J connectivity index is 1.74. The topological polar surface area (TPSA) is 50.9 Å². The van der Waals surface area contributed by atoms with Crippen molar-refractivity contribution in [1.82, 2.24) is 4.37 Å². The largest absolute Gasteiger partial charge is 0.370 e. The van der Waals surface area contributed by atoms with Crippen molar-refractivity contribution in [2.75, 3.05) is 5.32 Å². The molecule has 0 aliphatic carbocycles. The standard InChI is InChI=1S/C19H19N3S3/c1-12(20)10-15-16(13-6-3-2-4-7-13)17-18(24-15)19(25-22-17)21-11-14-8-5-9-23-14/h2-9,12,21H,10-11,20H2,1H3/t12-/m0/s1. The van der Waals surface area contributed by atoms with Crippen molar-refractivity contribution in [3.8, 4) is 11.1 Å². The van der Waals surface area contributed by atoms with Gasteiger partial charge in [-0.25, -0.2) is 0 Å². The molecule has 128 valence electrons. The van der Waals surface area contributed by atoms with Crippen molar-refractivity contribution >= 4 is 49.4 Å². The Morgan fingerprint density at radius 3 is 2.72 bits per heavy atom. The Morgan fingerprint density at radius 2 is 2.00 bits per heavy atom. The predicted molar refractivity (Wildman–Crippen MR) is 112 cm³/mol. The molecule has 3 heterocycles. The van der Waals surface area contributed by atoms with E-state index in [0.717, 1.165) is 23.5 Å². The van der Waals surface area contributed by atoms with E-state index in [1.165, 1.54) is 25.6 Å². The van der Waals surface area contributed by atoms with Crippen LogP contribution >= 0.6 is 34.2 Å². The van der Waals surface area contributed by atoms with Gasteiger partial charge in [0.2, 0.25) is 0 Å². The number of benzene rings is 1. The molecule has 0 amide bonds. The van der Waals surface area contributed by atoms with Crippen LogP contribution in [0.4, 0.5) is 5.00 Å². The van der Waals surface area contributed by atoms with Gasteiger partial charge in [0, 0.05) is 21.4 Å². The molecule has 0 saturated carbocycles. The summed E-state index contributed by atoms with van der Waals surface area (Å²) in [6.07, 6.45) is 0.875. The van der Waals surface area contributed by atoms with Gasteiger partial charge in [-0.1, -0.05) is 36.4 Å². The molecule has 6 heteroatoms. The summed E-state index contributed by atoms with van der Waals surface area (Å²) in [5.74, 6) is 0. The molecule has 25 heavy (non-hydrogen) atoms. The van der Waals surface area contributed by atoms with Gasteiger partial charge in [0.05, 0.1) is 11.2 Å². The fraction of sp³-hybridized carbons (Fsp3) is 0.211. The highest BCUT2D eigenvalue weighted by atomic mass is 32.1. The Hall–Kier alpha value is -1.73. The second-order valence-corrected chi connectivity index (χ2v) is 8.98. The average Bonchev–Trinajstić information content (AvgIpc) is 3.30. The lowest BCUT2D eigenvalue weighted by molar-refractivity contribution is 0.747. The van der Waals surface area contributed by atoms with Gasteiger partial charge < -0.3 is 11.1 Å². The van der Waals surface area contributed by atoms with E-state index in [2.05, 4.69) is 54.0 Å². The number of aromatic nitrogens is 1. The summed E-state index contributed by atoms with van der Waals surface area (Å²) >= 11 is 5.15. The Morgan fingerprint density at radius 1 is 1.16 bits per heavy atom. The molecule has 4 rings (SSSR count). The average molecular weight is 386 g/mol. The maximum Gasteiger partial charge on any atom is 0.127 e. The van der Waals surface area contributed by atoms with E-state index in [9.17, 15) is 0 Å². The number of rotatable bonds is 6. The number of fused-ring (bicyclic) bond motifs is 1. The maximum absolute atomic E-state index is 6.10. The van der Waals surface area contributed by atoms with Crippen LogP contribution in [-0.2, 0) is 13.0 Å². The normalized spacial score (nSPS) is 12.6. The molecule has 3 aromatic heterocycles. The summed E-state index contributed by atoms with van der Waals surface area (Å²) in [4.78, 5) is 2.66. The molecule has 0 aliphatic heterocycles. The van der Waals surface area contributed by atoms with Crippen LogP contribution in [0.25, 0.3) is 21.3 Å². The Labute approximate surface area is 159 Å². The molecular weight excluding hydrogens is 366 g/mol. The minimum absolute atomic E-state index is 0.136. The van der Waals surface area contributed by atoms with Crippen molar-refractivity contribution in [3.63, 3.8) is 0 Å². The third-order valence-electron chi connectivity index (χ3n) is 3.96. The highest BCUT2D eigenvalue weighted by Gasteiger charge is 2.20. The first-order valence-corrected chi connectivity index (χ1v) is 10.7. The van der Waals surface area contributed by atoms with Crippen LogP contribution in [0.5, 0.6) is 0 Å². The van der Waals surface area contributed by atoms with Crippen LogP contribution in [0.2, 0.25) is 0 Å². The van der Waals surface area contributed by atoms with Gasteiger partial charge in [-0.15, -0.1) is 22.7 Å². The summed E-state index contributed by atoms with van der Waals surface area (Å²) in [6, 6.07) is 14.9. The zero-order valence-electron chi connectivity index (χ0n) is 13.9. The molecule has 3 nitrogen and oxygen atoms in total. The van der Waals surface area contributed by atoms with E-state index in [1.54, 1.807) is 22.9 Å². The molecule has 0 bridgehead atoms. The fourth-order valence-electron chi connectivity index (χ4n) is 2.87. The van der Waals surface area contributed by atoms with Crippen molar-refractivity contribution < 1.29 is 0 Å². The van der Waals surface area contributed by atoms with Crippen molar-refractivity contribution in [1.29, 1.82) is 0 Å². The quantitative estimate of drug-likeness (QED) is 0.455. The van der Waals surface area contributed by atoms with E-state index in [4.69, 9.17) is 10.1 Å². The monoisotopic (exact) mass is 385 g/mol. The molecule has 0 aliphatic rings. The SMILES string of the molecule is C[C@H](N)Cc1sc2c(NCc3cccs3)snc2c1-c1ccccc1. The van der Waals surface area contributed by atoms with E-state index in [-0.39, 0.29) is 6.04 Å². The minimum Gasteiger partial charge on any atom is -0.370 e. The van der Waals surface area contributed by atoms with Gasteiger partial charge in [0.25, 0.3) is 0 Å². The Bertz CT molecular complexity index is 953. The smallest absolute Gasteiger partial charge is 0.127 e. The molecule has 3 N–H and O–H groups in total. The number of nitrogens with two attached hydrogens (primary N) is 1. The lowest BCUT2D eigenvalue weighted by atomic mass is 10.0. The molecule has 0 unspecified atom stereocenters. The predicted octanol–water partition coefficient (Wildman–Crippen LogP) is 5.59. The minimum atomic E-state index is 0.136. The first-order valence-electron chi connectivity index (χ1n) is 8.20. The summed E-state index contributed by atoms with van der Waals surface area (Å²) in [7, 11) is 0. The highest BCUT2D eigenvalue weighted by Crippen LogP contribution is 2.44. The molecule has 0 saturated heterocycles. The third-order valence-corrected chi connectivity index (χ3v) is 6.99. The first-order chi connectivity index (χ1) is 12.2. The number of hydrogen-bond acceptors (Lipinski definition) is 6. The molecule has 1 aromatic carbocycles. The number of anilines is 1. The fourth-order valence-corrected chi connectivity index (χ4v) is 5.81. The van der Waals surface area contributed by atoms with Gasteiger partial charge in [0.1, 0.15) is 10.5 Å². The zero-order chi connectivity index (χ0) is 17.2. The Kier molecular flexibility index (Phi) is 4.85. The first kappa shape index (κ1) is 16.7. The molecule has 0 radical (unpaired) electrons. The number of nitrogens with one attached hydrogen (secondary N) is 1. The molecular formula is C19H19N3S3. The van der Waals surface area contributed by atoms with Crippen LogP contribution in [0.3, 0.4) is 0 Å². The lowest BCUT2D eigenvalue weighted by Gasteiger charge is -2.06. The maximum atomic E-state index is 6.10. The van der Waals surface area contributed by atoms with Crippen LogP contribution in [0.1, 0.15) is 16.7 Å². The number of thiophene rings is 2. The van der Waals surface area contributed by atoms with Crippen LogP contribution in [0, 0.1) is 0 Å². The molecule has 1 atom stereocenters. The van der Waals surface area contributed by atoms with Crippen LogP contribution in [-0.4, -0.2) is 10.4 Å². The van der Waals surface area contributed by atoms with Crippen molar-refractivity contribution in [2.24, 2.45) is 5.73 Å².